The first-order chi connectivity index (χ1) is 7.70. The standard InChI is InChI=1S/C12H18ClN3/c13-9-4-5-10(11(14)7-9)12(16-15)6-8-2-1-3-8/h4-5,7-8,12,16H,1-3,6,14-15H2. The van der Waals surface area contributed by atoms with E-state index in [1.54, 1.807) is 6.07 Å². The SMILES string of the molecule is NNC(CC1CCC1)c1ccc(Cl)cc1N. The van der Waals surface area contributed by atoms with Gasteiger partial charge in [-0.1, -0.05) is 36.9 Å². The first-order valence-corrected chi connectivity index (χ1v) is 6.09. The Morgan fingerprint density at radius 2 is 2.19 bits per heavy atom. The van der Waals surface area contributed by atoms with E-state index >= 15 is 0 Å². The molecule has 0 radical (unpaired) electrons. The van der Waals surface area contributed by atoms with Crippen LogP contribution >= 0.6 is 11.6 Å². The second-order valence-electron chi connectivity index (χ2n) is 4.53. The summed E-state index contributed by atoms with van der Waals surface area (Å²) in [4.78, 5) is 0. The van der Waals surface area contributed by atoms with Gasteiger partial charge in [0.15, 0.2) is 0 Å². The second kappa shape index (κ2) is 5.04. The van der Waals surface area contributed by atoms with Gasteiger partial charge in [0.2, 0.25) is 0 Å². The molecular formula is C12H18ClN3. The highest BCUT2D eigenvalue weighted by atomic mass is 35.5. The van der Waals surface area contributed by atoms with Gasteiger partial charge in [0.25, 0.3) is 0 Å². The maximum absolute atomic E-state index is 5.95. The second-order valence-corrected chi connectivity index (χ2v) is 4.96. The molecular weight excluding hydrogens is 222 g/mol. The van der Waals surface area contributed by atoms with Crippen molar-refractivity contribution in [3.63, 3.8) is 0 Å². The van der Waals surface area contributed by atoms with Crippen LogP contribution in [0.5, 0.6) is 0 Å². The molecule has 4 heteroatoms. The lowest BCUT2D eigenvalue weighted by atomic mass is 9.79. The van der Waals surface area contributed by atoms with E-state index in [4.69, 9.17) is 23.2 Å². The fourth-order valence-corrected chi connectivity index (χ4v) is 2.39. The Hall–Kier alpha value is -0.770. The summed E-state index contributed by atoms with van der Waals surface area (Å²) in [6.07, 6.45) is 5.03. The number of rotatable bonds is 4. The third-order valence-corrected chi connectivity index (χ3v) is 3.65. The zero-order valence-corrected chi connectivity index (χ0v) is 10.0. The Bertz CT molecular complexity index is 363. The summed E-state index contributed by atoms with van der Waals surface area (Å²) in [5.41, 5.74) is 10.6. The molecule has 0 bridgehead atoms. The molecule has 0 heterocycles. The largest absolute Gasteiger partial charge is 0.398 e. The molecule has 1 unspecified atom stereocenters. The molecule has 0 saturated heterocycles. The Morgan fingerprint density at radius 3 is 2.69 bits per heavy atom. The molecule has 0 aromatic heterocycles. The molecule has 16 heavy (non-hydrogen) atoms. The van der Waals surface area contributed by atoms with Crippen LogP contribution in [-0.4, -0.2) is 0 Å². The Balaban J connectivity index is 2.11. The zero-order chi connectivity index (χ0) is 11.5. The average molecular weight is 240 g/mol. The van der Waals surface area contributed by atoms with E-state index in [9.17, 15) is 0 Å². The van der Waals surface area contributed by atoms with Crippen molar-refractivity contribution < 1.29 is 0 Å². The summed E-state index contributed by atoms with van der Waals surface area (Å²) in [6, 6.07) is 5.74. The van der Waals surface area contributed by atoms with Crippen LogP contribution in [0.3, 0.4) is 0 Å². The van der Waals surface area contributed by atoms with Crippen LogP contribution in [-0.2, 0) is 0 Å². The number of halogens is 1. The maximum atomic E-state index is 5.95. The summed E-state index contributed by atoms with van der Waals surface area (Å²) in [5.74, 6) is 6.39. The van der Waals surface area contributed by atoms with Crippen LogP contribution in [0, 0.1) is 5.92 Å². The molecule has 0 spiro atoms. The monoisotopic (exact) mass is 239 g/mol. The van der Waals surface area contributed by atoms with E-state index < -0.39 is 0 Å². The lowest BCUT2D eigenvalue weighted by Crippen LogP contribution is -2.31. The van der Waals surface area contributed by atoms with Gasteiger partial charge in [-0.2, -0.15) is 0 Å². The zero-order valence-electron chi connectivity index (χ0n) is 9.25. The number of nitrogens with two attached hydrogens (primary N) is 2. The molecule has 88 valence electrons. The molecule has 1 saturated carbocycles. The van der Waals surface area contributed by atoms with Gasteiger partial charge < -0.3 is 5.73 Å². The Kier molecular flexibility index (Phi) is 3.69. The number of nitrogen functional groups attached to an aromatic ring is 1. The van der Waals surface area contributed by atoms with Gasteiger partial charge in [0.05, 0.1) is 0 Å². The van der Waals surface area contributed by atoms with E-state index in [-0.39, 0.29) is 6.04 Å². The van der Waals surface area contributed by atoms with Gasteiger partial charge in [0, 0.05) is 16.8 Å². The first kappa shape index (κ1) is 11.7. The lowest BCUT2D eigenvalue weighted by molar-refractivity contribution is 0.262. The van der Waals surface area contributed by atoms with Crippen molar-refractivity contribution in [3.05, 3.63) is 28.8 Å². The summed E-state index contributed by atoms with van der Waals surface area (Å²) in [7, 11) is 0. The van der Waals surface area contributed by atoms with Crippen LogP contribution in [0.4, 0.5) is 5.69 Å². The molecule has 1 atom stereocenters. The summed E-state index contributed by atoms with van der Waals surface area (Å²) in [6.45, 7) is 0. The third kappa shape index (κ3) is 2.48. The maximum Gasteiger partial charge on any atom is 0.0483 e. The Labute approximate surface area is 101 Å². The van der Waals surface area contributed by atoms with Crippen molar-refractivity contribution in [3.8, 4) is 0 Å². The van der Waals surface area contributed by atoms with E-state index in [0.29, 0.717) is 5.02 Å². The molecule has 0 amide bonds. The highest BCUT2D eigenvalue weighted by Gasteiger charge is 2.23. The van der Waals surface area contributed by atoms with Crippen LogP contribution in [0.25, 0.3) is 0 Å². The van der Waals surface area contributed by atoms with E-state index in [2.05, 4.69) is 5.43 Å². The molecule has 1 aliphatic carbocycles. The van der Waals surface area contributed by atoms with Crippen molar-refractivity contribution in [1.82, 2.24) is 5.43 Å². The van der Waals surface area contributed by atoms with Crippen molar-refractivity contribution in [2.75, 3.05) is 5.73 Å². The van der Waals surface area contributed by atoms with E-state index in [1.165, 1.54) is 19.3 Å². The van der Waals surface area contributed by atoms with E-state index in [0.717, 1.165) is 23.6 Å². The number of hydrazine groups is 1. The van der Waals surface area contributed by atoms with Gasteiger partial charge in [0.1, 0.15) is 0 Å². The number of nitrogens with one attached hydrogen (secondary N) is 1. The molecule has 1 aromatic carbocycles. The highest BCUT2D eigenvalue weighted by molar-refractivity contribution is 6.30. The lowest BCUT2D eigenvalue weighted by Gasteiger charge is -2.30. The van der Waals surface area contributed by atoms with Crippen molar-refractivity contribution in [1.29, 1.82) is 0 Å². The fraction of sp³-hybridized carbons (Fsp3) is 0.500. The molecule has 1 fully saturated rings. The van der Waals surface area contributed by atoms with Gasteiger partial charge in [-0.15, -0.1) is 0 Å². The van der Waals surface area contributed by atoms with Crippen LogP contribution in [0.15, 0.2) is 18.2 Å². The molecule has 1 aromatic rings. The van der Waals surface area contributed by atoms with Crippen LogP contribution < -0.4 is 17.0 Å². The Morgan fingerprint density at radius 1 is 1.44 bits per heavy atom. The fourth-order valence-electron chi connectivity index (χ4n) is 2.21. The van der Waals surface area contributed by atoms with Crippen molar-refractivity contribution in [2.24, 2.45) is 11.8 Å². The highest BCUT2D eigenvalue weighted by Crippen LogP contribution is 2.36. The minimum Gasteiger partial charge on any atom is -0.398 e. The number of hydrogen-bond donors (Lipinski definition) is 3. The quantitative estimate of drug-likeness (QED) is 0.430. The minimum absolute atomic E-state index is 0.141. The van der Waals surface area contributed by atoms with Gasteiger partial charge in [-0.3, -0.25) is 11.3 Å². The predicted octanol–water partition coefficient (Wildman–Crippen LogP) is 2.62. The van der Waals surface area contributed by atoms with Crippen LogP contribution in [0.1, 0.15) is 37.3 Å². The van der Waals surface area contributed by atoms with Gasteiger partial charge in [-0.25, -0.2) is 0 Å². The minimum atomic E-state index is 0.141. The van der Waals surface area contributed by atoms with Gasteiger partial charge >= 0.3 is 0 Å². The topological polar surface area (TPSA) is 64.1 Å². The summed E-state index contributed by atoms with van der Waals surface area (Å²) >= 11 is 5.88. The molecule has 5 N–H and O–H groups in total. The van der Waals surface area contributed by atoms with Gasteiger partial charge in [-0.05, 0) is 30.0 Å². The summed E-state index contributed by atoms with van der Waals surface area (Å²) in [5, 5.41) is 0.667. The number of hydrogen-bond acceptors (Lipinski definition) is 3. The average Bonchev–Trinajstić information content (AvgIpc) is 2.18. The van der Waals surface area contributed by atoms with Crippen molar-refractivity contribution >= 4 is 17.3 Å². The van der Waals surface area contributed by atoms with E-state index in [1.807, 2.05) is 12.1 Å². The molecule has 2 rings (SSSR count). The predicted molar refractivity (Wildman–Crippen MR) is 67.9 cm³/mol. The molecule has 3 nitrogen and oxygen atoms in total. The molecule has 1 aliphatic rings. The number of anilines is 1. The van der Waals surface area contributed by atoms with Crippen LogP contribution in [0.2, 0.25) is 5.02 Å². The number of benzene rings is 1. The summed E-state index contributed by atoms with van der Waals surface area (Å²) < 4.78 is 0. The van der Waals surface area contributed by atoms with Crippen molar-refractivity contribution in [2.45, 2.75) is 31.7 Å². The first-order valence-electron chi connectivity index (χ1n) is 5.71. The molecule has 0 aliphatic heterocycles. The smallest absolute Gasteiger partial charge is 0.0483 e. The normalized spacial score (nSPS) is 18.1. The third-order valence-electron chi connectivity index (χ3n) is 3.42.